The van der Waals surface area contributed by atoms with E-state index in [1.165, 1.54) is 31.7 Å². The number of likely N-dealkylation sites (tertiary alicyclic amines) is 1. The van der Waals surface area contributed by atoms with Crippen LogP contribution in [0.4, 0.5) is 15.8 Å². The Labute approximate surface area is 257 Å². The monoisotopic (exact) mass is 593 g/mol. The molecule has 3 fully saturated rings. The Morgan fingerprint density at radius 2 is 1.70 bits per heavy atom. The van der Waals surface area contributed by atoms with E-state index in [0.29, 0.717) is 23.7 Å². The third kappa shape index (κ3) is 5.24. The molecule has 4 aromatic rings. The maximum Gasteiger partial charge on any atom is 0.257 e. The number of fused-ring (bicyclic) bond motifs is 2. The quantitative estimate of drug-likeness (QED) is 0.244. The molecule has 2 aliphatic carbocycles. The number of amides is 2. The molecule has 3 aromatic carbocycles. The van der Waals surface area contributed by atoms with Gasteiger partial charge in [0.15, 0.2) is 0 Å². The predicted molar refractivity (Wildman–Crippen MR) is 171 cm³/mol. The van der Waals surface area contributed by atoms with Crippen LogP contribution in [0.25, 0.3) is 10.9 Å². The van der Waals surface area contributed by atoms with Crippen LogP contribution in [0.3, 0.4) is 0 Å². The van der Waals surface area contributed by atoms with Gasteiger partial charge in [0.2, 0.25) is 5.91 Å². The van der Waals surface area contributed by atoms with E-state index in [9.17, 15) is 9.59 Å². The Hall–Kier alpha value is -4.20. The van der Waals surface area contributed by atoms with E-state index in [4.69, 9.17) is 0 Å². The van der Waals surface area contributed by atoms with E-state index in [2.05, 4.69) is 27.9 Å². The molecule has 0 bridgehead atoms. The molecule has 8 heteroatoms. The minimum Gasteiger partial charge on any atom is -0.382 e. The first-order valence-corrected chi connectivity index (χ1v) is 16.0. The number of halogens is 1. The summed E-state index contributed by atoms with van der Waals surface area (Å²) in [6.45, 7) is 1.78. The maximum atomic E-state index is 15.3. The van der Waals surface area contributed by atoms with Crippen molar-refractivity contribution in [2.24, 2.45) is 18.9 Å². The number of carbonyl (C=O) groups excluding carboxylic acids is 2. The molecule has 2 saturated carbocycles. The van der Waals surface area contributed by atoms with Crippen molar-refractivity contribution in [2.75, 3.05) is 10.6 Å². The Bertz CT molecular complexity index is 1670. The molecule has 3 aliphatic rings. The molecular weight excluding hydrogens is 553 g/mol. The van der Waals surface area contributed by atoms with Crippen molar-refractivity contribution in [3.05, 3.63) is 89.4 Å². The number of anilines is 2. The number of nitrogens with one attached hydrogen (secondary N) is 2. The normalized spacial score (nSPS) is 23.6. The van der Waals surface area contributed by atoms with Gasteiger partial charge in [0.1, 0.15) is 5.82 Å². The third-order valence-corrected chi connectivity index (χ3v) is 10.2. The number of rotatable bonds is 6. The van der Waals surface area contributed by atoms with E-state index >= 15 is 4.39 Å². The van der Waals surface area contributed by atoms with Crippen LogP contribution in [-0.4, -0.2) is 38.6 Å². The van der Waals surface area contributed by atoms with Gasteiger partial charge in [0.05, 0.1) is 29.2 Å². The van der Waals surface area contributed by atoms with Gasteiger partial charge in [-0.2, -0.15) is 5.10 Å². The fraction of sp³-hybridized carbons (Fsp3) is 0.417. The summed E-state index contributed by atoms with van der Waals surface area (Å²) in [5, 5.41) is 12.1. The molecule has 228 valence electrons. The second-order valence-corrected chi connectivity index (χ2v) is 13.0. The van der Waals surface area contributed by atoms with E-state index in [0.717, 1.165) is 41.4 Å². The van der Waals surface area contributed by atoms with Crippen LogP contribution < -0.4 is 10.6 Å². The summed E-state index contributed by atoms with van der Waals surface area (Å²) >= 11 is 0. The lowest BCUT2D eigenvalue weighted by Crippen LogP contribution is -2.54. The topological polar surface area (TPSA) is 79.3 Å². The van der Waals surface area contributed by atoms with E-state index < -0.39 is 17.8 Å². The number of nitrogens with zero attached hydrogens (tertiary/aromatic N) is 3. The second-order valence-electron chi connectivity index (χ2n) is 13.0. The smallest absolute Gasteiger partial charge is 0.257 e. The molecular formula is C36H40FN5O2. The lowest BCUT2D eigenvalue weighted by molar-refractivity contribution is -0.125. The summed E-state index contributed by atoms with van der Waals surface area (Å²) < 4.78 is 17.1. The van der Waals surface area contributed by atoms with Crippen molar-refractivity contribution in [2.45, 2.75) is 76.4 Å². The van der Waals surface area contributed by atoms with Gasteiger partial charge in [-0.25, -0.2) is 4.39 Å². The standard InChI is InChI=1S/C36H40FN5O2/c1-22-7-5-11-30(37)33(22)36(44)42-32-12-6-8-24(32)20-29(35(43)40-28-17-18-31-25(19-28)21-38-41(31)2)34(42)23-13-15-27(16-14-23)39-26-9-3-4-10-26/h5,7,11,13-19,21,24,26,29,32,34,39H,3-4,6,8-10,12,20H2,1-2H3,(H,40,43)/t24-,29?,32-,34?/m0/s1. The Morgan fingerprint density at radius 1 is 0.932 bits per heavy atom. The first kappa shape index (κ1) is 28.6. The molecule has 44 heavy (non-hydrogen) atoms. The van der Waals surface area contributed by atoms with Crippen LogP contribution in [-0.2, 0) is 11.8 Å². The summed E-state index contributed by atoms with van der Waals surface area (Å²) in [5.74, 6) is -1.29. The van der Waals surface area contributed by atoms with Gasteiger partial charge in [-0.15, -0.1) is 0 Å². The first-order chi connectivity index (χ1) is 21.4. The van der Waals surface area contributed by atoms with Crippen LogP contribution in [0.5, 0.6) is 0 Å². The highest BCUT2D eigenvalue weighted by Gasteiger charge is 2.50. The minimum atomic E-state index is -0.525. The van der Waals surface area contributed by atoms with Gasteiger partial charge < -0.3 is 15.5 Å². The van der Waals surface area contributed by atoms with Crippen molar-refractivity contribution in [1.29, 1.82) is 0 Å². The third-order valence-electron chi connectivity index (χ3n) is 10.2. The zero-order chi connectivity index (χ0) is 30.4. The van der Waals surface area contributed by atoms with Crippen LogP contribution in [0.2, 0.25) is 0 Å². The predicted octanol–water partition coefficient (Wildman–Crippen LogP) is 7.39. The SMILES string of the molecule is Cc1cccc(F)c1C(=O)N1C(c2ccc(NC3CCCC3)cc2)C(C(=O)Nc2ccc3c(cnn3C)c2)C[C@@H]2CCC[C@@H]21. The molecule has 1 aliphatic heterocycles. The summed E-state index contributed by atoms with van der Waals surface area (Å²) in [4.78, 5) is 30.6. The van der Waals surface area contributed by atoms with Gasteiger partial charge in [-0.3, -0.25) is 14.3 Å². The van der Waals surface area contributed by atoms with Crippen molar-refractivity contribution in [3.8, 4) is 0 Å². The minimum absolute atomic E-state index is 0.0430. The number of aryl methyl sites for hydroxylation is 2. The molecule has 2 N–H and O–H groups in total. The van der Waals surface area contributed by atoms with Crippen LogP contribution >= 0.6 is 0 Å². The van der Waals surface area contributed by atoms with Gasteiger partial charge >= 0.3 is 0 Å². The lowest BCUT2D eigenvalue weighted by Gasteiger charge is -2.48. The Kier molecular flexibility index (Phi) is 7.60. The Morgan fingerprint density at radius 3 is 2.48 bits per heavy atom. The number of hydrogen-bond donors (Lipinski definition) is 2. The summed E-state index contributed by atoms with van der Waals surface area (Å²) in [6.07, 6.45) is 10.1. The average Bonchev–Trinajstić information content (AvgIpc) is 3.78. The zero-order valence-corrected chi connectivity index (χ0v) is 25.4. The fourth-order valence-electron chi connectivity index (χ4n) is 8.02. The molecule has 0 radical (unpaired) electrons. The van der Waals surface area contributed by atoms with Gasteiger partial charge in [-0.1, -0.05) is 43.5 Å². The number of carbonyl (C=O) groups is 2. The summed E-state index contributed by atoms with van der Waals surface area (Å²) in [5.41, 5.74) is 4.33. The highest BCUT2D eigenvalue weighted by atomic mass is 19.1. The first-order valence-electron chi connectivity index (χ1n) is 16.0. The molecule has 7 rings (SSSR count). The van der Waals surface area contributed by atoms with Crippen LogP contribution in [0.1, 0.15) is 78.9 Å². The van der Waals surface area contributed by atoms with Gasteiger partial charge in [-0.05, 0) is 92.5 Å². The molecule has 1 saturated heterocycles. The second kappa shape index (κ2) is 11.7. The number of piperidine rings is 1. The average molecular weight is 594 g/mol. The van der Waals surface area contributed by atoms with Crippen molar-refractivity contribution in [3.63, 3.8) is 0 Å². The maximum absolute atomic E-state index is 15.3. The summed E-state index contributed by atoms with van der Waals surface area (Å²) in [6, 6.07) is 18.7. The summed E-state index contributed by atoms with van der Waals surface area (Å²) in [7, 11) is 1.89. The van der Waals surface area contributed by atoms with E-state index in [-0.39, 0.29) is 29.3 Å². The van der Waals surface area contributed by atoms with Crippen molar-refractivity contribution >= 4 is 34.1 Å². The van der Waals surface area contributed by atoms with Crippen molar-refractivity contribution < 1.29 is 14.0 Å². The number of aromatic nitrogens is 2. The van der Waals surface area contributed by atoms with Crippen molar-refractivity contribution in [1.82, 2.24) is 14.7 Å². The molecule has 7 nitrogen and oxygen atoms in total. The Balaban J connectivity index is 1.27. The van der Waals surface area contributed by atoms with Gasteiger partial charge in [0, 0.05) is 35.9 Å². The number of hydrogen-bond acceptors (Lipinski definition) is 4. The highest BCUT2D eigenvalue weighted by molar-refractivity contribution is 5.99. The van der Waals surface area contributed by atoms with Gasteiger partial charge in [0.25, 0.3) is 5.91 Å². The van der Waals surface area contributed by atoms with E-state index in [1.807, 2.05) is 42.3 Å². The molecule has 4 atom stereocenters. The zero-order valence-electron chi connectivity index (χ0n) is 25.4. The molecule has 2 unspecified atom stereocenters. The van der Waals surface area contributed by atoms with Crippen LogP contribution in [0.15, 0.2) is 66.9 Å². The number of benzene rings is 3. The highest BCUT2D eigenvalue weighted by Crippen LogP contribution is 2.49. The fourth-order valence-corrected chi connectivity index (χ4v) is 8.02. The molecule has 2 heterocycles. The largest absolute Gasteiger partial charge is 0.382 e. The lowest BCUT2D eigenvalue weighted by atomic mass is 9.76. The van der Waals surface area contributed by atoms with E-state index in [1.54, 1.807) is 29.9 Å². The molecule has 0 spiro atoms. The molecule has 1 aromatic heterocycles. The molecule has 2 amide bonds. The van der Waals surface area contributed by atoms with Crippen LogP contribution in [0, 0.1) is 24.6 Å².